The van der Waals surface area contributed by atoms with Crippen LogP contribution in [0.3, 0.4) is 0 Å². The number of halogens is 1. The van der Waals surface area contributed by atoms with Gasteiger partial charge < -0.3 is 0 Å². The van der Waals surface area contributed by atoms with E-state index in [1.165, 1.54) is 0 Å². The first-order chi connectivity index (χ1) is 6.62. The summed E-state index contributed by atoms with van der Waals surface area (Å²) < 4.78 is 13.0. The Bertz CT molecular complexity index is 232. The molecular weight excluding hydrogens is 185 g/mol. The summed E-state index contributed by atoms with van der Waals surface area (Å²) in [5.41, 5.74) is -0.216. The number of nitrogens with one attached hydrogen (secondary N) is 1. The predicted octanol–water partition coefficient (Wildman–Crippen LogP) is 1.57. The van der Waals surface area contributed by atoms with Crippen LogP contribution in [0.4, 0.5) is 4.39 Å². The lowest BCUT2D eigenvalue weighted by molar-refractivity contribution is -0.127. The van der Waals surface area contributed by atoms with Crippen LogP contribution in [0.1, 0.15) is 39.0 Å². The summed E-state index contributed by atoms with van der Waals surface area (Å²) in [7, 11) is 0. The molecular formula is C10H16FNO2. The number of hydrogen-bond acceptors (Lipinski definition) is 2. The molecule has 0 radical (unpaired) electrons. The fourth-order valence-electron chi connectivity index (χ4n) is 2.20. The van der Waals surface area contributed by atoms with Crippen molar-refractivity contribution in [3.05, 3.63) is 0 Å². The minimum absolute atomic E-state index is 0.216. The Morgan fingerprint density at radius 1 is 1.71 bits per heavy atom. The van der Waals surface area contributed by atoms with Crippen molar-refractivity contribution in [2.24, 2.45) is 5.41 Å². The first-order valence-corrected chi connectivity index (χ1v) is 4.99. The van der Waals surface area contributed by atoms with Crippen LogP contribution in [0, 0.1) is 5.41 Å². The normalized spacial score (nSPS) is 31.4. The van der Waals surface area contributed by atoms with E-state index >= 15 is 0 Å². The van der Waals surface area contributed by atoms with Crippen molar-refractivity contribution in [1.29, 1.82) is 0 Å². The molecule has 14 heavy (non-hydrogen) atoms. The maximum Gasteiger partial charge on any atom is 0.226 e. The van der Waals surface area contributed by atoms with E-state index in [1.54, 1.807) is 0 Å². The molecule has 1 saturated carbocycles. The van der Waals surface area contributed by atoms with Crippen LogP contribution in [0.2, 0.25) is 0 Å². The number of carbonyl (C=O) groups is 2. The Balaban J connectivity index is 2.53. The fourth-order valence-corrected chi connectivity index (χ4v) is 2.20. The molecule has 1 aliphatic rings. The van der Waals surface area contributed by atoms with Crippen molar-refractivity contribution < 1.29 is 14.0 Å². The molecule has 1 fully saturated rings. The molecule has 4 heteroatoms. The molecule has 1 aliphatic carbocycles. The minimum atomic E-state index is -0.779. The summed E-state index contributed by atoms with van der Waals surface area (Å²) in [6, 6.07) is 0. The van der Waals surface area contributed by atoms with Gasteiger partial charge in [-0.3, -0.25) is 14.9 Å². The van der Waals surface area contributed by atoms with Crippen molar-refractivity contribution in [3.63, 3.8) is 0 Å². The molecule has 0 bridgehead atoms. The van der Waals surface area contributed by atoms with Crippen molar-refractivity contribution in [1.82, 2.24) is 5.32 Å². The second-order valence-electron chi connectivity index (χ2n) is 4.06. The van der Waals surface area contributed by atoms with Gasteiger partial charge in [0.25, 0.3) is 0 Å². The molecule has 3 nitrogen and oxygen atoms in total. The van der Waals surface area contributed by atoms with E-state index in [0.717, 1.165) is 12.8 Å². The second-order valence-corrected chi connectivity index (χ2v) is 4.06. The summed E-state index contributed by atoms with van der Waals surface area (Å²) in [5.74, 6) is -0.295. The molecule has 0 aromatic heterocycles. The summed E-state index contributed by atoms with van der Waals surface area (Å²) in [6.07, 6.45) is 2.41. The minimum Gasteiger partial charge on any atom is -0.299 e. The Hall–Kier alpha value is -0.930. The van der Waals surface area contributed by atoms with Gasteiger partial charge in [-0.2, -0.15) is 0 Å². The molecule has 0 heterocycles. The van der Waals surface area contributed by atoms with Gasteiger partial charge >= 0.3 is 0 Å². The van der Waals surface area contributed by atoms with Gasteiger partial charge in [-0.1, -0.05) is 6.92 Å². The highest BCUT2D eigenvalue weighted by atomic mass is 19.1. The third kappa shape index (κ3) is 2.53. The zero-order valence-electron chi connectivity index (χ0n) is 8.38. The second kappa shape index (κ2) is 4.53. The first-order valence-electron chi connectivity index (χ1n) is 4.99. The number of rotatable bonds is 4. The maximum absolute atomic E-state index is 13.0. The lowest BCUT2D eigenvalue weighted by Crippen LogP contribution is -2.29. The number of carbonyl (C=O) groups excluding carboxylic acids is 2. The van der Waals surface area contributed by atoms with Crippen LogP contribution in [0.15, 0.2) is 0 Å². The molecule has 2 amide bonds. The molecule has 1 rings (SSSR count). The van der Waals surface area contributed by atoms with E-state index in [-0.39, 0.29) is 17.7 Å². The Morgan fingerprint density at radius 3 is 2.86 bits per heavy atom. The molecule has 2 unspecified atom stereocenters. The van der Waals surface area contributed by atoms with Gasteiger partial charge in [0.1, 0.15) is 6.17 Å². The molecule has 0 aromatic rings. The van der Waals surface area contributed by atoms with Gasteiger partial charge in [-0.25, -0.2) is 4.39 Å². The summed E-state index contributed by atoms with van der Waals surface area (Å²) in [6.45, 7) is 1.96. The summed E-state index contributed by atoms with van der Waals surface area (Å²) >= 11 is 0. The Labute approximate surface area is 83.1 Å². The molecule has 0 aliphatic heterocycles. The van der Waals surface area contributed by atoms with E-state index < -0.39 is 6.17 Å². The van der Waals surface area contributed by atoms with E-state index in [4.69, 9.17) is 0 Å². The lowest BCUT2D eigenvalue weighted by Gasteiger charge is -2.25. The third-order valence-electron chi connectivity index (χ3n) is 3.15. The zero-order chi connectivity index (χ0) is 10.6. The SMILES string of the molecule is CCC1(CC(=O)NC=O)CCC(F)C1. The average molecular weight is 201 g/mol. The average Bonchev–Trinajstić information content (AvgIpc) is 2.48. The van der Waals surface area contributed by atoms with Crippen molar-refractivity contribution >= 4 is 12.3 Å². The van der Waals surface area contributed by atoms with E-state index in [0.29, 0.717) is 19.3 Å². The monoisotopic (exact) mass is 201 g/mol. The summed E-state index contributed by atoms with van der Waals surface area (Å²) in [5, 5.41) is 2.10. The van der Waals surface area contributed by atoms with Gasteiger partial charge in [-0.05, 0) is 31.1 Å². The Morgan fingerprint density at radius 2 is 2.43 bits per heavy atom. The highest BCUT2D eigenvalue weighted by molar-refractivity contribution is 5.86. The van der Waals surface area contributed by atoms with Gasteiger partial charge in [0.15, 0.2) is 0 Å². The van der Waals surface area contributed by atoms with E-state index in [9.17, 15) is 14.0 Å². The van der Waals surface area contributed by atoms with Crippen molar-refractivity contribution in [2.75, 3.05) is 0 Å². The molecule has 0 spiro atoms. The van der Waals surface area contributed by atoms with Crippen LogP contribution in [0.5, 0.6) is 0 Å². The van der Waals surface area contributed by atoms with Gasteiger partial charge in [-0.15, -0.1) is 0 Å². The fraction of sp³-hybridized carbons (Fsp3) is 0.800. The van der Waals surface area contributed by atoms with Gasteiger partial charge in [0, 0.05) is 6.42 Å². The maximum atomic E-state index is 13.0. The number of alkyl halides is 1. The highest BCUT2D eigenvalue weighted by Crippen LogP contribution is 2.44. The van der Waals surface area contributed by atoms with Crippen LogP contribution < -0.4 is 5.32 Å². The third-order valence-corrected chi connectivity index (χ3v) is 3.15. The predicted molar refractivity (Wildman–Crippen MR) is 50.3 cm³/mol. The number of imide groups is 1. The van der Waals surface area contributed by atoms with Gasteiger partial charge in [0.2, 0.25) is 12.3 Å². The van der Waals surface area contributed by atoms with Crippen molar-refractivity contribution in [3.8, 4) is 0 Å². The quantitative estimate of drug-likeness (QED) is 0.702. The molecule has 80 valence electrons. The van der Waals surface area contributed by atoms with E-state index in [2.05, 4.69) is 5.32 Å². The summed E-state index contributed by atoms with van der Waals surface area (Å²) in [4.78, 5) is 21.2. The highest BCUT2D eigenvalue weighted by Gasteiger charge is 2.39. The first kappa shape index (κ1) is 11.1. The molecule has 1 N–H and O–H groups in total. The number of hydrogen-bond donors (Lipinski definition) is 1. The standard InChI is InChI=1S/C10H16FNO2/c1-2-10(4-3-8(11)5-10)6-9(14)12-7-13/h7-8H,2-6H2,1H3,(H,12,13,14). The van der Waals surface area contributed by atoms with Crippen LogP contribution in [0.25, 0.3) is 0 Å². The molecule has 0 saturated heterocycles. The topological polar surface area (TPSA) is 46.2 Å². The Kier molecular flexibility index (Phi) is 3.61. The van der Waals surface area contributed by atoms with Crippen molar-refractivity contribution in [2.45, 2.75) is 45.2 Å². The smallest absolute Gasteiger partial charge is 0.226 e. The van der Waals surface area contributed by atoms with Crippen LogP contribution in [-0.2, 0) is 9.59 Å². The molecule has 0 aromatic carbocycles. The van der Waals surface area contributed by atoms with Gasteiger partial charge in [0.05, 0.1) is 0 Å². The lowest BCUT2D eigenvalue weighted by atomic mass is 9.80. The van der Waals surface area contributed by atoms with Crippen LogP contribution in [-0.4, -0.2) is 18.5 Å². The molecule has 2 atom stereocenters. The van der Waals surface area contributed by atoms with E-state index in [1.807, 2.05) is 6.92 Å². The largest absolute Gasteiger partial charge is 0.299 e. The number of amides is 2. The zero-order valence-corrected chi connectivity index (χ0v) is 8.38. The van der Waals surface area contributed by atoms with Crippen LogP contribution >= 0.6 is 0 Å².